The lowest BCUT2D eigenvalue weighted by atomic mass is 10.1. The first-order chi connectivity index (χ1) is 12.0. The highest BCUT2D eigenvalue weighted by atomic mass is 16.5. The van der Waals surface area contributed by atoms with Gasteiger partial charge in [0.15, 0.2) is 0 Å². The quantitative estimate of drug-likeness (QED) is 0.896. The van der Waals surface area contributed by atoms with Gasteiger partial charge in [0.05, 0.1) is 19.3 Å². The highest BCUT2D eigenvalue weighted by Crippen LogP contribution is 2.25. The second kappa shape index (κ2) is 6.96. The maximum absolute atomic E-state index is 12.6. The Labute approximate surface area is 146 Å². The molecule has 0 saturated heterocycles. The van der Waals surface area contributed by atoms with Gasteiger partial charge >= 0.3 is 0 Å². The standard InChI is InChI=1S/C18H22N4O3/c1-12-10-16-21(20-12)9-8-17(23)22(16)13(2)18(24)19-11-14-6-4-5-7-15(14)25-3/h4-7,10,13H,8-9,11H2,1-3H3,(H,19,24)/t13-/m0/s1. The Morgan fingerprint density at radius 1 is 1.40 bits per heavy atom. The van der Waals surface area contributed by atoms with Crippen LogP contribution >= 0.6 is 0 Å². The largest absolute Gasteiger partial charge is 0.496 e. The number of methoxy groups -OCH3 is 1. The molecule has 1 N–H and O–H groups in total. The Hall–Kier alpha value is -2.83. The minimum Gasteiger partial charge on any atom is -0.496 e. The smallest absolute Gasteiger partial charge is 0.243 e. The highest BCUT2D eigenvalue weighted by Gasteiger charge is 2.33. The molecule has 2 aromatic rings. The zero-order valence-corrected chi connectivity index (χ0v) is 14.7. The fraction of sp³-hybridized carbons (Fsp3) is 0.389. The van der Waals surface area contributed by atoms with Gasteiger partial charge in [-0.15, -0.1) is 0 Å². The zero-order chi connectivity index (χ0) is 18.0. The second-order valence-corrected chi connectivity index (χ2v) is 6.09. The molecule has 25 heavy (non-hydrogen) atoms. The number of aromatic nitrogens is 2. The molecule has 1 aliphatic rings. The van der Waals surface area contributed by atoms with Gasteiger partial charge in [-0.05, 0) is 19.9 Å². The first-order valence-electron chi connectivity index (χ1n) is 8.27. The number of carbonyl (C=O) groups excluding carboxylic acids is 2. The molecule has 132 valence electrons. The average molecular weight is 342 g/mol. The minimum absolute atomic E-state index is 0.0626. The van der Waals surface area contributed by atoms with E-state index in [0.717, 1.165) is 17.0 Å². The summed E-state index contributed by atoms with van der Waals surface area (Å²) in [5.74, 6) is 1.12. The monoisotopic (exact) mass is 342 g/mol. The third-order valence-corrected chi connectivity index (χ3v) is 4.35. The van der Waals surface area contributed by atoms with Gasteiger partial charge in [0.1, 0.15) is 17.6 Å². The number of rotatable bonds is 5. The molecular weight excluding hydrogens is 320 g/mol. The molecule has 0 unspecified atom stereocenters. The average Bonchev–Trinajstić information content (AvgIpc) is 2.99. The van der Waals surface area contributed by atoms with Crippen molar-refractivity contribution in [3.05, 3.63) is 41.6 Å². The number of para-hydroxylation sites is 1. The van der Waals surface area contributed by atoms with Gasteiger partial charge in [-0.3, -0.25) is 14.5 Å². The summed E-state index contributed by atoms with van der Waals surface area (Å²) in [7, 11) is 1.60. The molecule has 2 heterocycles. The van der Waals surface area contributed by atoms with Crippen LogP contribution in [0.3, 0.4) is 0 Å². The summed E-state index contributed by atoms with van der Waals surface area (Å²) in [6.07, 6.45) is 0.345. The molecule has 1 aliphatic heterocycles. The van der Waals surface area contributed by atoms with Crippen LogP contribution in [0.25, 0.3) is 0 Å². The van der Waals surface area contributed by atoms with Gasteiger partial charge in [0.25, 0.3) is 0 Å². The molecule has 1 aromatic carbocycles. The van der Waals surface area contributed by atoms with Gasteiger partial charge in [0.2, 0.25) is 11.8 Å². The molecule has 7 nitrogen and oxygen atoms in total. The van der Waals surface area contributed by atoms with Crippen molar-refractivity contribution in [1.29, 1.82) is 0 Å². The molecule has 1 aromatic heterocycles. The number of carbonyl (C=O) groups is 2. The molecule has 0 saturated carbocycles. The van der Waals surface area contributed by atoms with Crippen LogP contribution in [0.2, 0.25) is 0 Å². The predicted octanol–water partition coefficient (Wildman–Crippen LogP) is 1.64. The van der Waals surface area contributed by atoms with Crippen LogP contribution in [0.4, 0.5) is 5.82 Å². The van der Waals surface area contributed by atoms with E-state index in [1.165, 1.54) is 4.90 Å². The summed E-state index contributed by atoms with van der Waals surface area (Å²) in [6, 6.07) is 8.73. The SMILES string of the molecule is COc1ccccc1CNC(=O)[C@H](C)N1C(=O)CCn2nc(C)cc21. The van der Waals surface area contributed by atoms with E-state index in [1.807, 2.05) is 37.3 Å². The van der Waals surface area contributed by atoms with E-state index in [0.29, 0.717) is 25.3 Å². The molecule has 0 aliphatic carbocycles. The minimum atomic E-state index is -0.614. The van der Waals surface area contributed by atoms with Crippen molar-refractivity contribution in [2.75, 3.05) is 12.0 Å². The maximum atomic E-state index is 12.6. The summed E-state index contributed by atoms with van der Waals surface area (Å²) in [5.41, 5.74) is 1.72. The maximum Gasteiger partial charge on any atom is 0.243 e. The summed E-state index contributed by atoms with van der Waals surface area (Å²) in [4.78, 5) is 26.5. The predicted molar refractivity (Wildman–Crippen MR) is 93.4 cm³/mol. The summed E-state index contributed by atoms with van der Waals surface area (Å²) in [6.45, 7) is 4.50. The number of nitrogens with one attached hydrogen (secondary N) is 1. The van der Waals surface area contributed by atoms with E-state index in [4.69, 9.17) is 4.74 Å². The van der Waals surface area contributed by atoms with Gasteiger partial charge in [-0.1, -0.05) is 18.2 Å². The molecule has 1 atom stereocenters. The lowest BCUT2D eigenvalue weighted by Gasteiger charge is -2.31. The number of amides is 2. The van der Waals surface area contributed by atoms with E-state index >= 15 is 0 Å². The van der Waals surface area contributed by atoms with Crippen molar-refractivity contribution in [2.45, 2.75) is 39.4 Å². The number of aryl methyl sites for hydroxylation is 2. The first kappa shape index (κ1) is 17.0. The fourth-order valence-electron chi connectivity index (χ4n) is 3.05. The van der Waals surface area contributed by atoms with E-state index in [-0.39, 0.29) is 11.8 Å². The summed E-state index contributed by atoms with van der Waals surface area (Å²) < 4.78 is 7.07. The third-order valence-electron chi connectivity index (χ3n) is 4.35. The normalized spacial score (nSPS) is 14.8. The third kappa shape index (κ3) is 3.35. The van der Waals surface area contributed by atoms with Crippen LogP contribution in [0.5, 0.6) is 5.75 Å². The Kier molecular flexibility index (Phi) is 4.74. The number of anilines is 1. The number of benzene rings is 1. The number of nitrogens with zero attached hydrogens (tertiary/aromatic N) is 3. The van der Waals surface area contributed by atoms with E-state index < -0.39 is 6.04 Å². The van der Waals surface area contributed by atoms with E-state index in [1.54, 1.807) is 18.7 Å². The second-order valence-electron chi connectivity index (χ2n) is 6.09. The highest BCUT2D eigenvalue weighted by molar-refractivity contribution is 6.00. The van der Waals surface area contributed by atoms with Crippen LogP contribution in [0.15, 0.2) is 30.3 Å². The molecule has 7 heteroatoms. The number of hydrogen-bond acceptors (Lipinski definition) is 4. The number of ether oxygens (including phenoxy) is 1. The number of fused-ring (bicyclic) bond motifs is 1. The van der Waals surface area contributed by atoms with Crippen molar-refractivity contribution in [2.24, 2.45) is 0 Å². The van der Waals surface area contributed by atoms with Crippen LogP contribution < -0.4 is 15.0 Å². The Balaban J connectivity index is 1.73. The molecular formula is C18H22N4O3. The van der Waals surface area contributed by atoms with E-state index in [2.05, 4.69) is 10.4 Å². The van der Waals surface area contributed by atoms with Crippen molar-refractivity contribution in [3.63, 3.8) is 0 Å². The first-order valence-corrected chi connectivity index (χ1v) is 8.27. The van der Waals surface area contributed by atoms with Crippen molar-refractivity contribution in [3.8, 4) is 5.75 Å². The van der Waals surface area contributed by atoms with Gasteiger partial charge < -0.3 is 10.1 Å². The van der Waals surface area contributed by atoms with Crippen LogP contribution in [-0.4, -0.2) is 34.7 Å². The molecule has 0 fully saturated rings. The van der Waals surface area contributed by atoms with Gasteiger partial charge in [0, 0.05) is 24.6 Å². The van der Waals surface area contributed by atoms with Gasteiger partial charge in [-0.25, -0.2) is 4.68 Å². The van der Waals surface area contributed by atoms with Crippen molar-refractivity contribution in [1.82, 2.24) is 15.1 Å². The Bertz CT molecular complexity index is 799. The lowest BCUT2D eigenvalue weighted by Crippen LogP contribution is -2.50. The topological polar surface area (TPSA) is 76.5 Å². The van der Waals surface area contributed by atoms with Crippen LogP contribution in [0, 0.1) is 6.92 Å². The van der Waals surface area contributed by atoms with E-state index in [9.17, 15) is 9.59 Å². The Morgan fingerprint density at radius 2 is 2.16 bits per heavy atom. The summed E-state index contributed by atoms with van der Waals surface area (Å²) >= 11 is 0. The summed E-state index contributed by atoms with van der Waals surface area (Å²) in [5, 5.41) is 7.25. The molecule has 0 spiro atoms. The van der Waals surface area contributed by atoms with Crippen LogP contribution in [0.1, 0.15) is 24.6 Å². The molecule has 0 radical (unpaired) electrons. The fourth-order valence-corrected chi connectivity index (χ4v) is 3.05. The van der Waals surface area contributed by atoms with Crippen LogP contribution in [-0.2, 0) is 22.7 Å². The molecule has 3 rings (SSSR count). The number of hydrogen-bond donors (Lipinski definition) is 1. The molecule has 0 bridgehead atoms. The Morgan fingerprint density at radius 3 is 2.92 bits per heavy atom. The zero-order valence-electron chi connectivity index (χ0n) is 14.7. The van der Waals surface area contributed by atoms with Gasteiger partial charge in [-0.2, -0.15) is 5.10 Å². The van der Waals surface area contributed by atoms with Crippen molar-refractivity contribution >= 4 is 17.6 Å². The molecule has 2 amide bonds. The lowest BCUT2D eigenvalue weighted by molar-refractivity contribution is -0.126. The van der Waals surface area contributed by atoms with Crippen molar-refractivity contribution < 1.29 is 14.3 Å².